The van der Waals surface area contributed by atoms with E-state index in [0.717, 1.165) is 16.3 Å². The van der Waals surface area contributed by atoms with Crippen LogP contribution in [0.25, 0.3) is 0 Å². The molecule has 1 aromatic heterocycles. The van der Waals surface area contributed by atoms with Crippen LogP contribution in [-0.2, 0) is 6.54 Å². The fourth-order valence-electron chi connectivity index (χ4n) is 1.68. The van der Waals surface area contributed by atoms with E-state index in [-0.39, 0.29) is 0 Å². The van der Waals surface area contributed by atoms with E-state index >= 15 is 0 Å². The fourth-order valence-corrected chi connectivity index (χ4v) is 1.94. The summed E-state index contributed by atoms with van der Waals surface area (Å²) >= 11 is 3.34. The van der Waals surface area contributed by atoms with Gasteiger partial charge in [0.05, 0.1) is 18.3 Å². The summed E-state index contributed by atoms with van der Waals surface area (Å²) in [5, 5.41) is 10.1. The Morgan fingerprint density at radius 1 is 1.29 bits per heavy atom. The van der Waals surface area contributed by atoms with Crippen LogP contribution in [0.1, 0.15) is 22.2 Å². The van der Waals surface area contributed by atoms with Gasteiger partial charge < -0.3 is 9.67 Å². The number of aliphatic hydroxyl groups excluding tert-OH is 1. The fraction of sp³-hybridized carbons (Fsp3) is 0.154. The molecule has 0 fully saturated rings. The van der Waals surface area contributed by atoms with E-state index in [1.165, 1.54) is 0 Å². The molecular weight excluding hydrogens is 282 g/mol. The van der Waals surface area contributed by atoms with Gasteiger partial charge in [-0.3, -0.25) is 4.79 Å². The molecule has 88 valence electrons. The molecule has 0 aliphatic carbocycles. The molecular formula is C13H12BrNO2. The van der Waals surface area contributed by atoms with E-state index < -0.39 is 6.10 Å². The third-order valence-corrected chi connectivity index (χ3v) is 3.14. The van der Waals surface area contributed by atoms with Crippen molar-refractivity contribution in [3.05, 3.63) is 58.3 Å². The maximum absolute atomic E-state index is 10.7. The Morgan fingerprint density at radius 2 is 2.00 bits per heavy atom. The smallest absolute Gasteiger partial charge is 0.166 e. The molecule has 1 unspecified atom stereocenters. The number of hydrogen-bond acceptors (Lipinski definition) is 2. The summed E-state index contributed by atoms with van der Waals surface area (Å²) in [6, 6.07) is 11.0. The average Bonchev–Trinajstić information content (AvgIpc) is 2.77. The van der Waals surface area contributed by atoms with Crippen LogP contribution >= 0.6 is 15.9 Å². The molecule has 1 N–H and O–H groups in total. The number of aliphatic hydroxyl groups is 1. The van der Waals surface area contributed by atoms with Crippen molar-refractivity contribution in [2.24, 2.45) is 0 Å². The lowest BCUT2D eigenvalue weighted by molar-refractivity contribution is 0.110. The standard InChI is InChI=1S/C13H12BrNO2/c14-11-5-3-10(4-6-11)13(17)8-15-7-1-2-12(15)9-16/h1-7,9,13,17H,8H2. The minimum atomic E-state index is -0.616. The van der Waals surface area contributed by atoms with Crippen LogP contribution < -0.4 is 0 Å². The van der Waals surface area contributed by atoms with E-state index in [1.807, 2.05) is 24.3 Å². The van der Waals surface area contributed by atoms with Gasteiger partial charge in [0.1, 0.15) is 0 Å². The van der Waals surface area contributed by atoms with E-state index in [9.17, 15) is 9.90 Å². The summed E-state index contributed by atoms with van der Waals surface area (Å²) in [6.07, 6.45) is 1.95. The lowest BCUT2D eigenvalue weighted by atomic mass is 10.1. The minimum Gasteiger partial charge on any atom is -0.387 e. The number of aldehydes is 1. The third kappa shape index (κ3) is 2.84. The first kappa shape index (κ1) is 12.1. The lowest BCUT2D eigenvalue weighted by Crippen LogP contribution is -2.10. The van der Waals surface area contributed by atoms with Gasteiger partial charge in [-0.15, -0.1) is 0 Å². The Morgan fingerprint density at radius 3 is 2.65 bits per heavy atom. The lowest BCUT2D eigenvalue weighted by Gasteiger charge is -2.13. The number of rotatable bonds is 4. The van der Waals surface area contributed by atoms with Crippen LogP contribution in [0.2, 0.25) is 0 Å². The summed E-state index contributed by atoms with van der Waals surface area (Å²) < 4.78 is 2.71. The maximum atomic E-state index is 10.7. The number of carbonyl (C=O) groups excluding carboxylic acids is 1. The monoisotopic (exact) mass is 293 g/mol. The molecule has 4 heteroatoms. The molecule has 1 atom stereocenters. The van der Waals surface area contributed by atoms with Crippen molar-refractivity contribution in [2.75, 3.05) is 0 Å². The van der Waals surface area contributed by atoms with Crippen LogP contribution in [0.3, 0.4) is 0 Å². The molecule has 1 aromatic carbocycles. The Bertz CT molecular complexity index is 504. The Kier molecular flexibility index (Phi) is 3.76. The van der Waals surface area contributed by atoms with Crippen molar-refractivity contribution in [3.63, 3.8) is 0 Å². The molecule has 0 radical (unpaired) electrons. The number of halogens is 1. The number of hydrogen-bond donors (Lipinski definition) is 1. The van der Waals surface area contributed by atoms with Gasteiger partial charge in [0.2, 0.25) is 0 Å². The molecule has 2 aromatic rings. The predicted molar refractivity (Wildman–Crippen MR) is 68.9 cm³/mol. The maximum Gasteiger partial charge on any atom is 0.166 e. The zero-order chi connectivity index (χ0) is 12.3. The highest BCUT2D eigenvalue weighted by Crippen LogP contribution is 2.18. The summed E-state index contributed by atoms with van der Waals surface area (Å²) in [4.78, 5) is 10.7. The molecule has 3 nitrogen and oxygen atoms in total. The molecule has 0 saturated carbocycles. The van der Waals surface area contributed by atoms with Gasteiger partial charge in [0.25, 0.3) is 0 Å². The van der Waals surface area contributed by atoms with Crippen LogP contribution in [0, 0.1) is 0 Å². The molecule has 0 aliphatic rings. The largest absolute Gasteiger partial charge is 0.387 e. The van der Waals surface area contributed by atoms with Crippen LogP contribution in [0.4, 0.5) is 0 Å². The summed E-state index contributed by atoms with van der Waals surface area (Å²) in [6.45, 7) is 0.378. The van der Waals surface area contributed by atoms with Crippen molar-refractivity contribution in [2.45, 2.75) is 12.6 Å². The van der Waals surface area contributed by atoms with Gasteiger partial charge >= 0.3 is 0 Å². The molecule has 17 heavy (non-hydrogen) atoms. The zero-order valence-electron chi connectivity index (χ0n) is 9.08. The van der Waals surface area contributed by atoms with Gasteiger partial charge in [0.15, 0.2) is 6.29 Å². The molecule has 0 bridgehead atoms. The molecule has 0 spiro atoms. The zero-order valence-corrected chi connectivity index (χ0v) is 10.7. The molecule has 2 rings (SSSR count). The van der Waals surface area contributed by atoms with E-state index in [0.29, 0.717) is 12.2 Å². The van der Waals surface area contributed by atoms with Crippen molar-refractivity contribution in [3.8, 4) is 0 Å². The number of carbonyl (C=O) groups is 1. The normalized spacial score (nSPS) is 12.4. The van der Waals surface area contributed by atoms with Crippen molar-refractivity contribution in [1.82, 2.24) is 4.57 Å². The highest BCUT2D eigenvalue weighted by molar-refractivity contribution is 9.10. The minimum absolute atomic E-state index is 0.378. The van der Waals surface area contributed by atoms with Gasteiger partial charge in [-0.1, -0.05) is 28.1 Å². The summed E-state index contributed by atoms with van der Waals surface area (Å²) in [7, 11) is 0. The van der Waals surface area contributed by atoms with Gasteiger partial charge in [-0.05, 0) is 29.8 Å². The van der Waals surface area contributed by atoms with Gasteiger partial charge in [-0.2, -0.15) is 0 Å². The Labute approximate surface area is 108 Å². The first-order valence-electron chi connectivity index (χ1n) is 5.24. The quantitative estimate of drug-likeness (QED) is 0.881. The number of nitrogens with zero attached hydrogens (tertiary/aromatic N) is 1. The second-order valence-corrected chi connectivity index (χ2v) is 4.69. The van der Waals surface area contributed by atoms with Gasteiger partial charge in [0, 0.05) is 10.7 Å². The van der Waals surface area contributed by atoms with E-state index in [1.54, 1.807) is 22.9 Å². The molecule has 0 saturated heterocycles. The van der Waals surface area contributed by atoms with Crippen LogP contribution in [-0.4, -0.2) is 16.0 Å². The highest BCUT2D eigenvalue weighted by atomic mass is 79.9. The second-order valence-electron chi connectivity index (χ2n) is 3.77. The van der Waals surface area contributed by atoms with Crippen molar-refractivity contribution < 1.29 is 9.90 Å². The molecule has 0 aliphatic heterocycles. The van der Waals surface area contributed by atoms with E-state index in [4.69, 9.17) is 0 Å². The Balaban J connectivity index is 2.14. The van der Waals surface area contributed by atoms with Crippen molar-refractivity contribution >= 4 is 22.2 Å². The van der Waals surface area contributed by atoms with Crippen molar-refractivity contribution in [1.29, 1.82) is 0 Å². The van der Waals surface area contributed by atoms with Crippen LogP contribution in [0.5, 0.6) is 0 Å². The van der Waals surface area contributed by atoms with Gasteiger partial charge in [-0.25, -0.2) is 0 Å². The summed E-state index contributed by atoms with van der Waals surface area (Å²) in [5.41, 5.74) is 1.40. The number of aromatic nitrogens is 1. The first-order chi connectivity index (χ1) is 8.20. The summed E-state index contributed by atoms with van der Waals surface area (Å²) in [5.74, 6) is 0. The SMILES string of the molecule is O=Cc1cccn1CC(O)c1ccc(Br)cc1. The average molecular weight is 294 g/mol. The van der Waals surface area contributed by atoms with E-state index in [2.05, 4.69) is 15.9 Å². The van der Waals surface area contributed by atoms with Crippen LogP contribution in [0.15, 0.2) is 47.1 Å². The first-order valence-corrected chi connectivity index (χ1v) is 6.04. The molecule has 1 heterocycles. The highest BCUT2D eigenvalue weighted by Gasteiger charge is 2.09. The third-order valence-electron chi connectivity index (χ3n) is 2.61. The molecule has 0 amide bonds. The predicted octanol–water partition coefficient (Wildman–Crippen LogP) is 2.80. The Hall–Kier alpha value is -1.39. The topological polar surface area (TPSA) is 42.2 Å². The number of benzene rings is 1. The second kappa shape index (κ2) is 5.29.